The van der Waals surface area contributed by atoms with E-state index in [1.165, 1.54) is 25.2 Å². The van der Waals surface area contributed by atoms with Crippen molar-refractivity contribution in [2.45, 2.75) is 37.8 Å². The lowest BCUT2D eigenvalue weighted by Crippen LogP contribution is -2.37. The number of carbonyl (C=O) groups is 1. The number of aliphatic hydroxyl groups excluding tert-OH is 1. The smallest absolute Gasteiger partial charge is 0.420 e. The second-order valence-electron chi connectivity index (χ2n) is 9.42. The van der Waals surface area contributed by atoms with Crippen LogP contribution in [0.3, 0.4) is 0 Å². The molecule has 1 aliphatic heterocycles. The highest BCUT2D eigenvalue weighted by molar-refractivity contribution is 6.30. The van der Waals surface area contributed by atoms with Crippen LogP contribution in [0.4, 0.5) is 24.5 Å². The first kappa shape index (κ1) is 30.3. The third-order valence-corrected chi connectivity index (χ3v) is 6.87. The summed E-state index contributed by atoms with van der Waals surface area (Å²) < 4.78 is 57.5. The molecular formula is C29H30ClF3N2O6. The molecule has 41 heavy (non-hydrogen) atoms. The molecule has 3 N–H and O–H groups in total. The Morgan fingerprint density at radius 3 is 2.39 bits per heavy atom. The van der Waals surface area contributed by atoms with Crippen LogP contribution < -0.4 is 24.4 Å². The monoisotopic (exact) mass is 594 g/mol. The maximum atomic E-state index is 14.0. The van der Waals surface area contributed by atoms with Gasteiger partial charge in [0, 0.05) is 47.6 Å². The molecule has 1 aliphatic rings. The second-order valence-corrected chi connectivity index (χ2v) is 9.85. The Hall–Kier alpha value is -3.67. The summed E-state index contributed by atoms with van der Waals surface area (Å²) >= 11 is 6.08. The van der Waals surface area contributed by atoms with Gasteiger partial charge in [-0.15, -0.1) is 0 Å². The van der Waals surface area contributed by atoms with Gasteiger partial charge in [0.05, 0.1) is 26.4 Å². The molecule has 0 saturated carbocycles. The Bertz CT molecular complexity index is 1370. The Labute approximate surface area is 240 Å². The predicted molar refractivity (Wildman–Crippen MR) is 148 cm³/mol. The number of nitrogens with one attached hydrogen (secondary N) is 1. The van der Waals surface area contributed by atoms with E-state index < -0.39 is 30.0 Å². The maximum absolute atomic E-state index is 14.0. The molecule has 8 nitrogen and oxygen atoms in total. The molecule has 0 spiro atoms. The first-order chi connectivity index (χ1) is 19.5. The SMILES string of the molecule is COc1cc(NC(C(=O)N2CCc3cc(OC)c(C(F)(F)F)cc32)c2ccc(Cl)cc2)cc(OCCCC(O)O)c1. The van der Waals surface area contributed by atoms with Crippen molar-refractivity contribution in [3.05, 3.63) is 76.3 Å². The zero-order chi connectivity index (χ0) is 29.7. The standard InChI is InChI=1S/C29H30ClF3N2O6/c1-39-21-13-20(14-22(15-21)41-11-3-4-26(36)37)34-27(17-5-7-19(30)8-6-17)28(38)35-10-9-18-12-25(40-2)23(16-24(18)35)29(31,32)33/h5-8,12-16,26-27,34,36-37H,3-4,9-11H2,1-2H3. The normalized spacial score (nSPS) is 13.6. The molecular weight excluding hydrogens is 565 g/mol. The summed E-state index contributed by atoms with van der Waals surface area (Å²) in [4.78, 5) is 15.4. The fraction of sp³-hybridized carbons (Fsp3) is 0.345. The lowest BCUT2D eigenvalue weighted by Gasteiger charge is -2.27. The minimum Gasteiger partial charge on any atom is -0.497 e. The van der Waals surface area contributed by atoms with Crippen molar-refractivity contribution >= 4 is 28.9 Å². The van der Waals surface area contributed by atoms with E-state index in [9.17, 15) is 18.0 Å². The summed E-state index contributed by atoms with van der Waals surface area (Å²) in [5.41, 5.74) is 0.783. The molecule has 1 heterocycles. The highest BCUT2D eigenvalue weighted by Crippen LogP contribution is 2.43. The number of hydrogen-bond donors (Lipinski definition) is 3. The second kappa shape index (κ2) is 12.9. The Morgan fingerprint density at radius 2 is 1.76 bits per heavy atom. The van der Waals surface area contributed by atoms with Crippen molar-refractivity contribution in [2.75, 3.05) is 37.6 Å². The number of benzene rings is 3. The van der Waals surface area contributed by atoms with E-state index in [1.54, 1.807) is 42.5 Å². The Balaban J connectivity index is 1.67. The number of amides is 1. The molecule has 0 fully saturated rings. The van der Waals surface area contributed by atoms with Crippen molar-refractivity contribution in [3.8, 4) is 17.2 Å². The fourth-order valence-electron chi connectivity index (χ4n) is 4.61. The van der Waals surface area contributed by atoms with E-state index in [0.717, 1.165) is 6.07 Å². The molecule has 3 aromatic carbocycles. The van der Waals surface area contributed by atoms with Crippen LogP contribution >= 0.6 is 11.6 Å². The van der Waals surface area contributed by atoms with Gasteiger partial charge >= 0.3 is 6.18 Å². The average Bonchev–Trinajstić information content (AvgIpc) is 3.36. The number of nitrogens with zero attached hydrogens (tertiary/aromatic N) is 1. The molecule has 3 aromatic rings. The fourth-order valence-corrected chi connectivity index (χ4v) is 4.74. The van der Waals surface area contributed by atoms with Gasteiger partial charge in [0.25, 0.3) is 5.91 Å². The molecule has 4 rings (SSSR count). The number of anilines is 2. The van der Waals surface area contributed by atoms with Gasteiger partial charge < -0.3 is 34.6 Å². The summed E-state index contributed by atoms with van der Waals surface area (Å²) in [6, 6.07) is 12.8. The lowest BCUT2D eigenvalue weighted by molar-refractivity contribution is -0.138. The largest absolute Gasteiger partial charge is 0.497 e. The molecule has 0 aliphatic carbocycles. The summed E-state index contributed by atoms with van der Waals surface area (Å²) in [5, 5.41) is 21.7. The van der Waals surface area contributed by atoms with Crippen LogP contribution in [0, 0.1) is 0 Å². The van der Waals surface area contributed by atoms with Gasteiger partial charge in [-0.1, -0.05) is 23.7 Å². The summed E-state index contributed by atoms with van der Waals surface area (Å²) in [6.07, 6.45) is -5.21. The third kappa shape index (κ3) is 7.35. The van der Waals surface area contributed by atoms with E-state index in [-0.39, 0.29) is 31.0 Å². The summed E-state index contributed by atoms with van der Waals surface area (Å²) in [5.74, 6) is 0.0832. The minimum absolute atomic E-state index is 0.140. The van der Waals surface area contributed by atoms with Gasteiger partial charge in [-0.2, -0.15) is 13.2 Å². The number of aliphatic hydroxyl groups is 2. The lowest BCUT2D eigenvalue weighted by atomic mass is 10.0. The van der Waals surface area contributed by atoms with E-state index >= 15 is 0 Å². The topological polar surface area (TPSA) is 100 Å². The molecule has 1 atom stereocenters. The van der Waals surface area contributed by atoms with Crippen LogP contribution in [0.2, 0.25) is 5.02 Å². The highest BCUT2D eigenvalue weighted by atomic mass is 35.5. The number of fused-ring (bicyclic) bond motifs is 1. The van der Waals surface area contributed by atoms with Gasteiger partial charge in [-0.3, -0.25) is 4.79 Å². The average molecular weight is 595 g/mol. The number of rotatable bonds is 11. The van der Waals surface area contributed by atoms with Crippen molar-refractivity contribution in [1.82, 2.24) is 0 Å². The summed E-state index contributed by atoms with van der Waals surface area (Å²) in [7, 11) is 2.65. The number of alkyl halides is 3. The first-order valence-electron chi connectivity index (χ1n) is 12.8. The summed E-state index contributed by atoms with van der Waals surface area (Å²) in [6.45, 7) is 0.396. The minimum atomic E-state index is -4.67. The number of hydrogen-bond acceptors (Lipinski definition) is 7. The quantitative estimate of drug-likeness (QED) is 0.197. The first-order valence-corrected chi connectivity index (χ1v) is 13.2. The van der Waals surface area contributed by atoms with Crippen LogP contribution in [-0.4, -0.2) is 49.8 Å². The molecule has 0 saturated heterocycles. The molecule has 1 unspecified atom stereocenters. The Kier molecular flexibility index (Phi) is 9.52. The third-order valence-electron chi connectivity index (χ3n) is 6.62. The Morgan fingerprint density at radius 1 is 1.05 bits per heavy atom. The van der Waals surface area contributed by atoms with Crippen molar-refractivity contribution < 1.29 is 42.4 Å². The number of ether oxygens (including phenoxy) is 3. The van der Waals surface area contributed by atoms with Gasteiger partial charge in [0.2, 0.25) is 0 Å². The van der Waals surface area contributed by atoms with Crippen LogP contribution in [-0.2, 0) is 17.4 Å². The molecule has 0 radical (unpaired) electrons. The van der Waals surface area contributed by atoms with E-state index in [4.69, 9.17) is 36.0 Å². The van der Waals surface area contributed by atoms with Crippen LogP contribution in [0.25, 0.3) is 0 Å². The van der Waals surface area contributed by atoms with Crippen LogP contribution in [0.5, 0.6) is 17.2 Å². The van der Waals surface area contributed by atoms with Gasteiger partial charge in [0.15, 0.2) is 6.29 Å². The number of carbonyl (C=O) groups excluding carboxylic acids is 1. The molecule has 0 aromatic heterocycles. The van der Waals surface area contributed by atoms with Gasteiger partial charge in [-0.25, -0.2) is 0 Å². The maximum Gasteiger partial charge on any atom is 0.420 e. The van der Waals surface area contributed by atoms with E-state index in [0.29, 0.717) is 46.2 Å². The zero-order valence-electron chi connectivity index (χ0n) is 22.4. The van der Waals surface area contributed by atoms with E-state index in [2.05, 4.69) is 5.32 Å². The molecule has 220 valence electrons. The van der Waals surface area contributed by atoms with Gasteiger partial charge in [0.1, 0.15) is 23.3 Å². The van der Waals surface area contributed by atoms with Crippen molar-refractivity contribution in [3.63, 3.8) is 0 Å². The molecule has 0 bridgehead atoms. The molecule has 12 heteroatoms. The molecule has 1 amide bonds. The van der Waals surface area contributed by atoms with Crippen LogP contribution in [0.15, 0.2) is 54.6 Å². The number of methoxy groups -OCH3 is 2. The predicted octanol–water partition coefficient (Wildman–Crippen LogP) is 5.59. The van der Waals surface area contributed by atoms with Gasteiger partial charge in [-0.05, 0) is 48.2 Å². The van der Waals surface area contributed by atoms with Crippen molar-refractivity contribution in [1.29, 1.82) is 0 Å². The zero-order valence-corrected chi connectivity index (χ0v) is 23.1. The number of halogens is 4. The highest BCUT2D eigenvalue weighted by Gasteiger charge is 2.39. The van der Waals surface area contributed by atoms with E-state index in [1.807, 2.05) is 0 Å². The van der Waals surface area contributed by atoms with Crippen LogP contribution in [0.1, 0.15) is 35.6 Å². The van der Waals surface area contributed by atoms with Crippen molar-refractivity contribution in [2.24, 2.45) is 0 Å².